The number of hydrogen-bond acceptors (Lipinski definition) is 2. The van der Waals surface area contributed by atoms with Crippen molar-refractivity contribution >= 4 is 11.6 Å². The van der Waals surface area contributed by atoms with Crippen LogP contribution < -0.4 is 4.90 Å². The maximum Gasteiger partial charge on any atom is 0.258 e. The molecule has 2 aromatic carbocycles. The van der Waals surface area contributed by atoms with E-state index in [1.807, 2.05) is 59.5 Å². The van der Waals surface area contributed by atoms with Crippen LogP contribution in [0.4, 0.5) is 5.69 Å². The van der Waals surface area contributed by atoms with Crippen molar-refractivity contribution in [2.45, 2.75) is 25.9 Å². The summed E-state index contributed by atoms with van der Waals surface area (Å²) >= 11 is 0. The molecule has 3 nitrogen and oxygen atoms in total. The van der Waals surface area contributed by atoms with Crippen molar-refractivity contribution in [3.63, 3.8) is 0 Å². The van der Waals surface area contributed by atoms with E-state index < -0.39 is 0 Å². The lowest BCUT2D eigenvalue weighted by atomic mass is 10.1. The van der Waals surface area contributed by atoms with E-state index in [0.717, 1.165) is 30.7 Å². The highest BCUT2D eigenvalue weighted by Gasteiger charge is 2.29. The summed E-state index contributed by atoms with van der Waals surface area (Å²) in [6.45, 7) is 3.51. The number of carbonyl (C=O) groups excluding carboxylic acids is 1. The van der Waals surface area contributed by atoms with Crippen LogP contribution in [-0.4, -0.2) is 25.2 Å². The Hall–Kier alpha value is -2.13. The number of rotatable bonds is 6. The van der Waals surface area contributed by atoms with E-state index in [4.69, 9.17) is 4.74 Å². The van der Waals surface area contributed by atoms with Crippen LogP contribution in [0, 0.1) is 0 Å². The van der Waals surface area contributed by atoms with Crippen LogP contribution >= 0.6 is 0 Å². The normalized spacial score (nSPS) is 16.3. The number of benzene rings is 2. The number of epoxide rings is 1. The van der Waals surface area contributed by atoms with E-state index in [-0.39, 0.29) is 12.0 Å². The highest BCUT2D eigenvalue weighted by Crippen LogP contribution is 2.21. The second-order valence-corrected chi connectivity index (χ2v) is 5.65. The third-order valence-corrected chi connectivity index (χ3v) is 3.84. The van der Waals surface area contributed by atoms with Crippen LogP contribution in [0.2, 0.25) is 0 Å². The first-order valence-electron chi connectivity index (χ1n) is 7.85. The molecule has 3 heteroatoms. The Balaban J connectivity index is 1.81. The molecule has 3 rings (SSSR count). The molecule has 0 aromatic heterocycles. The van der Waals surface area contributed by atoms with Gasteiger partial charge in [0.25, 0.3) is 5.91 Å². The highest BCUT2D eigenvalue weighted by atomic mass is 16.6. The first-order chi connectivity index (χ1) is 10.8. The van der Waals surface area contributed by atoms with Gasteiger partial charge in [0.1, 0.15) is 0 Å². The molecule has 1 amide bonds. The smallest absolute Gasteiger partial charge is 0.258 e. The van der Waals surface area contributed by atoms with Crippen LogP contribution in [-0.2, 0) is 11.2 Å². The zero-order chi connectivity index (χ0) is 15.4. The maximum absolute atomic E-state index is 12.8. The number of aryl methyl sites for hydroxylation is 1. The second kappa shape index (κ2) is 6.75. The van der Waals surface area contributed by atoms with Gasteiger partial charge in [0.05, 0.1) is 19.3 Å². The van der Waals surface area contributed by atoms with Gasteiger partial charge in [-0.15, -0.1) is 0 Å². The average Bonchev–Trinajstić information content (AvgIpc) is 3.38. The molecule has 0 radical (unpaired) electrons. The van der Waals surface area contributed by atoms with Gasteiger partial charge in [-0.05, 0) is 36.2 Å². The Labute approximate surface area is 131 Å². The van der Waals surface area contributed by atoms with Crippen LogP contribution in [0.1, 0.15) is 29.3 Å². The minimum absolute atomic E-state index is 0.0322. The minimum atomic E-state index is 0.0322. The summed E-state index contributed by atoms with van der Waals surface area (Å²) in [6.07, 6.45) is 2.33. The van der Waals surface area contributed by atoms with Crippen molar-refractivity contribution in [1.82, 2.24) is 0 Å². The van der Waals surface area contributed by atoms with E-state index in [9.17, 15) is 4.79 Å². The number of amides is 1. The average molecular weight is 295 g/mol. The summed E-state index contributed by atoms with van der Waals surface area (Å²) in [7, 11) is 0. The largest absolute Gasteiger partial charge is 0.371 e. The van der Waals surface area contributed by atoms with Gasteiger partial charge in [-0.2, -0.15) is 0 Å². The van der Waals surface area contributed by atoms with Gasteiger partial charge in [-0.1, -0.05) is 43.7 Å². The molecular weight excluding hydrogens is 274 g/mol. The fourth-order valence-electron chi connectivity index (χ4n) is 2.55. The fraction of sp³-hybridized carbons (Fsp3) is 0.316. The highest BCUT2D eigenvalue weighted by molar-refractivity contribution is 6.06. The van der Waals surface area contributed by atoms with Crippen LogP contribution in [0.25, 0.3) is 0 Å². The van der Waals surface area contributed by atoms with E-state index in [2.05, 4.69) is 6.92 Å². The summed E-state index contributed by atoms with van der Waals surface area (Å²) in [5.74, 6) is 0.0322. The van der Waals surface area contributed by atoms with Crippen LogP contribution in [0.3, 0.4) is 0 Å². The predicted molar refractivity (Wildman–Crippen MR) is 88.3 cm³/mol. The van der Waals surface area contributed by atoms with Gasteiger partial charge < -0.3 is 9.64 Å². The van der Waals surface area contributed by atoms with Gasteiger partial charge in [-0.3, -0.25) is 4.79 Å². The zero-order valence-corrected chi connectivity index (χ0v) is 12.9. The Morgan fingerprint density at radius 3 is 2.41 bits per heavy atom. The summed E-state index contributed by atoms with van der Waals surface area (Å²) in [6, 6.07) is 17.7. The molecule has 1 aliphatic rings. The predicted octanol–water partition coefficient (Wildman–Crippen LogP) is 3.68. The lowest BCUT2D eigenvalue weighted by Gasteiger charge is -2.22. The Morgan fingerprint density at radius 2 is 1.82 bits per heavy atom. The molecule has 1 unspecified atom stereocenters. The van der Waals surface area contributed by atoms with Gasteiger partial charge in [-0.25, -0.2) is 0 Å². The number of nitrogens with zero attached hydrogens (tertiary/aromatic N) is 1. The molecule has 0 bridgehead atoms. The fourth-order valence-corrected chi connectivity index (χ4v) is 2.55. The minimum Gasteiger partial charge on any atom is -0.371 e. The number of ether oxygens (including phenoxy) is 1. The molecule has 0 spiro atoms. The van der Waals surface area contributed by atoms with Gasteiger partial charge in [0.15, 0.2) is 0 Å². The second-order valence-electron chi connectivity index (χ2n) is 5.65. The van der Waals surface area contributed by atoms with Gasteiger partial charge in [0.2, 0.25) is 0 Å². The molecule has 1 fully saturated rings. The standard InChI is InChI=1S/C19H21NO2/c1-2-6-15-9-11-16(12-10-15)19(21)20(13-18-14-22-18)17-7-4-3-5-8-17/h3-5,7-12,18H,2,6,13-14H2,1H3. The van der Waals surface area contributed by atoms with Crippen molar-refractivity contribution < 1.29 is 9.53 Å². The molecule has 0 N–H and O–H groups in total. The molecule has 0 saturated carbocycles. The van der Waals surface area contributed by atoms with Crippen molar-refractivity contribution in [2.24, 2.45) is 0 Å². The van der Waals surface area contributed by atoms with E-state index in [0.29, 0.717) is 6.54 Å². The molecule has 0 aliphatic carbocycles. The van der Waals surface area contributed by atoms with Gasteiger partial charge >= 0.3 is 0 Å². The van der Waals surface area contributed by atoms with Crippen LogP contribution in [0.5, 0.6) is 0 Å². The number of para-hydroxylation sites is 1. The third-order valence-electron chi connectivity index (χ3n) is 3.84. The number of hydrogen-bond donors (Lipinski definition) is 0. The maximum atomic E-state index is 12.8. The van der Waals surface area contributed by atoms with Crippen LogP contribution in [0.15, 0.2) is 54.6 Å². The topological polar surface area (TPSA) is 32.8 Å². The van der Waals surface area contributed by atoms with Crippen molar-refractivity contribution in [3.8, 4) is 0 Å². The molecule has 1 atom stereocenters. The summed E-state index contributed by atoms with van der Waals surface area (Å²) in [4.78, 5) is 14.7. The SMILES string of the molecule is CCCc1ccc(C(=O)N(CC2CO2)c2ccccc2)cc1. The van der Waals surface area contributed by atoms with Crippen molar-refractivity contribution in [1.29, 1.82) is 0 Å². The third kappa shape index (κ3) is 3.55. The number of carbonyl (C=O) groups is 1. The lowest BCUT2D eigenvalue weighted by Crippen LogP contribution is -2.34. The molecule has 1 saturated heterocycles. The van der Waals surface area contributed by atoms with Gasteiger partial charge in [0, 0.05) is 11.3 Å². The first-order valence-corrected chi connectivity index (χ1v) is 7.85. The van der Waals surface area contributed by atoms with E-state index in [1.54, 1.807) is 0 Å². The first kappa shape index (κ1) is 14.8. The molecule has 1 aliphatic heterocycles. The monoisotopic (exact) mass is 295 g/mol. The van der Waals surface area contributed by atoms with E-state index >= 15 is 0 Å². The quantitative estimate of drug-likeness (QED) is 0.762. The Morgan fingerprint density at radius 1 is 1.14 bits per heavy atom. The van der Waals surface area contributed by atoms with Crippen molar-refractivity contribution in [2.75, 3.05) is 18.1 Å². The zero-order valence-electron chi connectivity index (χ0n) is 12.9. The summed E-state index contributed by atoms with van der Waals surface area (Å²) in [5, 5.41) is 0. The molecule has 114 valence electrons. The number of anilines is 1. The Kier molecular flexibility index (Phi) is 4.54. The summed E-state index contributed by atoms with van der Waals surface area (Å²) in [5.41, 5.74) is 2.92. The molecule has 1 heterocycles. The molecule has 22 heavy (non-hydrogen) atoms. The van der Waals surface area contributed by atoms with E-state index in [1.165, 1.54) is 5.56 Å². The molecule has 2 aromatic rings. The van der Waals surface area contributed by atoms with Crippen molar-refractivity contribution in [3.05, 3.63) is 65.7 Å². The Bertz CT molecular complexity index is 618. The summed E-state index contributed by atoms with van der Waals surface area (Å²) < 4.78 is 5.30. The molecular formula is C19H21NO2. The lowest BCUT2D eigenvalue weighted by molar-refractivity contribution is 0.0984.